The third-order valence-electron chi connectivity index (χ3n) is 4.75. The van der Waals surface area contributed by atoms with E-state index in [9.17, 15) is 19.8 Å². The van der Waals surface area contributed by atoms with Crippen LogP contribution in [0.2, 0.25) is 0 Å². The van der Waals surface area contributed by atoms with Crippen LogP contribution in [0.15, 0.2) is 58.1 Å². The number of phenols is 2. The van der Waals surface area contributed by atoms with E-state index in [4.69, 9.17) is 0 Å². The molecule has 5 rings (SSSR count). The molecule has 2 N–H and O–H groups in total. The van der Waals surface area contributed by atoms with Gasteiger partial charge in [0.25, 0.3) is 0 Å². The van der Waals surface area contributed by atoms with Crippen molar-refractivity contribution < 1.29 is 10.2 Å². The molecule has 0 heterocycles. The Bertz CT molecular complexity index is 1290. The van der Waals surface area contributed by atoms with Crippen LogP contribution in [0.25, 0.3) is 43.1 Å². The lowest BCUT2D eigenvalue weighted by Gasteiger charge is -2.14. The van der Waals surface area contributed by atoms with Crippen molar-refractivity contribution >= 4 is 43.1 Å². The van der Waals surface area contributed by atoms with Gasteiger partial charge in [0.2, 0.25) is 0 Å². The van der Waals surface area contributed by atoms with E-state index >= 15 is 0 Å². The van der Waals surface area contributed by atoms with Crippen LogP contribution in [0.1, 0.15) is 0 Å². The van der Waals surface area contributed by atoms with Gasteiger partial charge in [0.05, 0.1) is 0 Å². The minimum atomic E-state index is -0.251. The minimum absolute atomic E-state index is 0.0482. The van der Waals surface area contributed by atoms with Gasteiger partial charge in [0.15, 0.2) is 10.9 Å². The van der Waals surface area contributed by atoms with Crippen LogP contribution in [0.5, 0.6) is 11.5 Å². The lowest BCUT2D eigenvalue weighted by atomic mass is 9.88. The van der Waals surface area contributed by atoms with Crippen LogP contribution in [0.4, 0.5) is 0 Å². The molecular formula is C20H10O4. The van der Waals surface area contributed by atoms with E-state index in [0.29, 0.717) is 32.3 Å². The Morgan fingerprint density at radius 3 is 1.25 bits per heavy atom. The highest BCUT2D eigenvalue weighted by molar-refractivity contribution is 6.35. The standard InChI is InChI=1S/C20H10O4/c21-11-5-1-9-2-6-12(22)18-15(9)17(11)19-13(23)7-3-10-4-8-14(24)20(18)16(10)19/h1-8,21,24H. The van der Waals surface area contributed by atoms with E-state index in [1.165, 1.54) is 24.3 Å². The van der Waals surface area contributed by atoms with E-state index in [-0.39, 0.29) is 22.4 Å². The first-order valence-corrected chi connectivity index (χ1v) is 7.50. The van der Waals surface area contributed by atoms with Crippen molar-refractivity contribution in [2.24, 2.45) is 0 Å². The van der Waals surface area contributed by atoms with Crippen LogP contribution in [-0.4, -0.2) is 10.2 Å². The van der Waals surface area contributed by atoms with E-state index < -0.39 is 0 Å². The first-order chi connectivity index (χ1) is 11.6. The molecular weight excluding hydrogens is 304 g/mol. The zero-order valence-electron chi connectivity index (χ0n) is 12.3. The van der Waals surface area contributed by atoms with Crippen molar-refractivity contribution in [1.29, 1.82) is 0 Å². The van der Waals surface area contributed by atoms with Gasteiger partial charge >= 0.3 is 0 Å². The summed E-state index contributed by atoms with van der Waals surface area (Å²) < 4.78 is 0. The monoisotopic (exact) mass is 314 g/mol. The summed E-state index contributed by atoms with van der Waals surface area (Å²) in [6.07, 6.45) is 0. The fourth-order valence-electron chi connectivity index (χ4n) is 3.78. The predicted molar refractivity (Wildman–Crippen MR) is 94.7 cm³/mol. The number of benzene rings is 5. The molecule has 4 nitrogen and oxygen atoms in total. The Hall–Kier alpha value is -3.40. The van der Waals surface area contributed by atoms with Gasteiger partial charge in [0.1, 0.15) is 11.5 Å². The maximum Gasteiger partial charge on any atom is 0.187 e. The van der Waals surface area contributed by atoms with Crippen LogP contribution in [-0.2, 0) is 0 Å². The molecule has 0 fully saturated rings. The molecule has 4 heteroatoms. The Labute approximate surface area is 134 Å². The quantitative estimate of drug-likeness (QED) is 0.340. The van der Waals surface area contributed by atoms with Gasteiger partial charge in [0, 0.05) is 32.3 Å². The maximum absolute atomic E-state index is 12.6. The molecule has 0 atom stereocenters. The van der Waals surface area contributed by atoms with Crippen molar-refractivity contribution in [3.8, 4) is 11.5 Å². The zero-order chi connectivity index (χ0) is 16.6. The van der Waals surface area contributed by atoms with Crippen molar-refractivity contribution in [1.82, 2.24) is 0 Å². The Kier molecular flexibility index (Phi) is 2.24. The summed E-state index contributed by atoms with van der Waals surface area (Å²) in [6.45, 7) is 0. The highest BCUT2D eigenvalue weighted by Crippen LogP contribution is 2.43. The molecule has 114 valence electrons. The second-order valence-electron chi connectivity index (χ2n) is 5.99. The highest BCUT2D eigenvalue weighted by Gasteiger charge is 2.20. The molecule has 0 radical (unpaired) electrons. The van der Waals surface area contributed by atoms with Gasteiger partial charge in [-0.05, 0) is 35.0 Å². The second-order valence-corrected chi connectivity index (χ2v) is 5.99. The second kappa shape index (κ2) is 4.11. The minimum Gasteiger partial charge on any atom is -0.507 e. The van der Waals surface area contributed by atoms with Crippen molar-refractivity contribution in [3.05, 3.63) is 69.0 Å². The molecule has 0 aliphatic carbocycles. The number of rotatable bonds is 0. The highest BCUT2D eigenvalue weighted by atomic mass is 16.3. The molecule has 0 saturated heterocycles. The van der Waals surface area contributed by atoms with Crippen LogP contribution >= 0.6 is 0 Å². The number of hydrogen-bond acceptors (Lipinski definition) is 4. The molecule has 5 aromatic rings. The third-order valence-corrected chi connectivity index (χ3v) is 4.75. The maximum atomic E-state index is 12.6. The molecule has 5 aromatic carbocycles. The van der Waals surface area contributed by atoms with Crippen molar-refractivity contribution in [3.63, 3.8) is 0 Å². The van der Waals surface area contributed by atoms with E-state index in [0.717, 1.165) is 10.8 Å². The first kappa shape index (κ1) is 13.1. The molecule has 0 bridgehead atoms. The summed E-state index contributed by atoms with van der Waals surface area (Å²) in [5.74, 6) is -0.0964. The van der Waals surface area contributed by atoms with E-state index in [2.05, 4.69) is 0 Å². The van der Waals surface area contributed by atoms with Crippen molar-refractivity contribution in [2.75, 3.05) is 0 Å². The summed E-state index contributed by atoms with van der Waals surface area (Å²) in [7, 11) is 0. The average molecular weight is 314 g/mol. The normalized spacial score (nSPS) is 12.0. The van der Waals surface area contributed by atoms with Gasteiger partial charge < -0.3 is 10.2 Å². The molecule has 0 unspecified atom stereocenters. The van der Waals surface area contributed by atoms with Gasteiger partial charge in [-0.1, -0.05) is 24.3 Å². The fraction of sp³-hybridized carbons (Fsp3) is 0. The average Bonchev–Trinajstić information content (AvgIpc) is 2.58. The lowest BCUT2D eigenvalue weighted by molar-refractivity contribution is 0.481. The number of fused-ring (bicyclic) bond motifs is 2. The molecule has 0 aliphatic rings. The van der Waals surface area contributed by atoms with Gasteiger partial charge in [-0.25, -0.2) is 0 Å². The summed E-state index contributed by atoms with van der Waals surface area (Å²) in [4.78, 5) is 25.2. The van der Waals surface area contributed by atoms with Gasteiger partial charge in [-0.2, -0.15) is 0 Å². The Balaban J connectivity index is 2.42. The Morgan fingerprint density at radius 2 is 0.833 bits per heavy atom. The number of hydrogen-bond donors (Lipinski definition) is 2. The molecule has 0 aromatic heterocycles. The van der Waals surface area contributed by atoms with Crippen molar-refractivity contribution in [2.45, 2.75) is 0 Å². The molecule has 24 heavy (non-hydrogen) atoms. The SMILES string of the molecule is O=c1ccc2ccc(O)c3c4c(=O)ccc5ccc(O)c(c1c23)c54. The number of phenolic OH excluding ortho intramolecular Hbond substituents is 2. The van der Waals surface area contributed by atoms with Gasteiger partial charge in [-0.3, -0.25) is 9.59 Å². The van der Waals surface area contributed by atoms with Gasteiger partial charge in [-0.15, -0.1) is 0 Å². The molecule has 0 spiro atoms. The molecule has 0 amide bonds. The lowest BCUT2D eigenvalue weighted by Crippen LogP contribution is -2.06. The van der Waals surface area contributed by atoms with E-state index in [1.54, 1.807) is 24.3 Å². The smallest absolute Gasteiger partial charge is 0.187 e. The fourth-order valence-corrected chi connectivity index (χ4v) is 3.78. The summed E-state index contributed by atoms with van der Waals surface area (Å²) in [5.41, 5.74) is -0.502. The predicted octanol–water partition coefficient (Wildman–Crippen LogP) is 3.31. The largest absolute Gasteiger partial charge is 0.507 e. The first-order valence-electron chi connectivity index (χ1n) is 7.50. The number of aromatic hydroxyl groups is 2. The summed E-state index contributed by atoms with van der Waals surface area (Å²) in [5, 5.41) is 24.8. The Morgan fingerprint density at radius 1 is 0.458 bits per heavy atom. The van der Waals surface area contributed by atoms with Crippen LogP contribution < -0.4 is 10.9 Å². The molecule has 0 aliphatic heterocycles. The summed E-state index contributed by atoms with van der Waals surface area (Å²) in [6, 6.07) is 12.7. The third kappa shape index (κ3) is 1.38. The topological polar surface area (TPSA) is 74.6 Å². The van der Waals surface area contributed by atoms with Crippen LogP contribution in [0, 0.1) is 0 Å². The van der Waals surface area contributed by atoms with E-state index in [1.807, 2.05) is 0 Å². The summed E-state index contributed by atoms with van der Waals surface area (Å²) >= 11 is 0. The van der Waals surface area contributed by atoms with Crippen LogP contribution in [0.3, 0.4) is 0 Å². The molecule has 0 saturated carbocycles. The zero-order valence-corrected chi connectivity index (χ0v) is 12.3.